The molecule has 5 nitrogen and oxygen atoms in total. The number of nitrogens with one attached hydrogen (secondary N) is 1. The number of fused-ring (bicyclic) bond motifs is 1. The van der Waals surface area contributed by atoms with Crippen LogP contribution in [-0.4, -0.2) is 17.0 Å². The van der Waals surface area contributed by atoms with E-state index in [2.05, 4.69) is 10.3 Å². The van der Waals surface area contributed by atoms with Gasteiger partial charge in [-0.15, -0.1) is 0 Å². The minimum atomic E-state index is -0.671. The van der Waals surface area contributed by atoms with Crippen LogP contribution >= 0.6 is 11.3 Å². The first kappa shape index (κ1) is 15.0. The fraction of sp³-hybridized carbons (Fsp3) is 0.118. The molecular weight excluding hydrogens is 310 g/mol. The zero-order valence-electron chi connectivity index (χ0n) is 12.3. The van der Waals surface area contributed by atoms with Gasteiger partial charge in [0, 0.05) is 0 Å². The van der Waals surface area contributed by atoms with E-state index < -0.39 is 6.10 Å². The molecular formula is C17H13N3O2S. The highest BCUT2D eigenvalue weighted by Crippen LogP contribution is 2.25. The van der Waals surface area contributed by atoms with Gasteiger partial charge in [0.05, 0.1) is 21.8 Å². The molecule has 3 rings (SSSR count). The smallest absolute Gasteiger partial charge is 0.266 e. The molecule has 0 saturated carbocycles. The molecule has 0 radical (unpaired) electrons. The first-order valence-corrected chi connectivity index (χ1v) is 7.80. The van der Waals surface area contributed by atoms with E-state index in [0.717, 1.165) is 10.2 Å². The standard InChI is InChI=1S/C17H13N3O2S/c1-11(22-13-8-6-12(10-18)7-9-13)16(21)20-17-19-14-4-2-3-5-15(14)23-17/h2-9,11H,1H3,(H,19,20,21). The van der Waals surface area contributed by atoms with Gasteiger partial charge in [-0.1, -0.05) is 23.5 Å². The average molecular weight is 323 g/mol. The molecule has 1 heterocycles. The number of carbonyl (C=O) groups excluding carboxylic acids is 1. The Bertz CT molecular complexity index is 848. The second-order valence-electron chi connectivity index (χ2n) is 4.87. The van der Waals surface area contributed by atoms with Gasteiger partial charge in [0.15, 0.2) is 11.2 Å². The highest BCUT2D eigenvalue weighted by atomic mass is 32.1. The summed E-state index contributed by atoms with van der Waals surface area (Å²) in [5.74, 6) is 0.268. The van der Waals surface area contributed by atoms with Crippen molar-refractivity contribution in [3.8, 4) is 11.8 Å². The third kappa shape index (κ3) is 3.47. The van der Waals surface area contributed by atoms with Crippen LogP contribution in [0.1, 0.15) is 12.5 Å². The van der Waals surface area contributed by atoms with Crippen LogP contribution < -0.4 is 10.1 Å². The molecule has 1 unspecified atom stereocenters. The molecule has 0 aliphatic carbocycles. The second kappa shape index (κ2) is 6.46. The number of ether oxygens (including phenoxy) is 1. The zero-order valence-corrected chi connectivity index (χ0v) is 13.1. The third-order valence-corrected chi connectivity index (χ3v) is 4.14. The largest absolute Gasteiger partial charge is 0.481 e. The average Bonchev–Trinajstić information content (AvgIpc) is 2.97. The maximum absolute atomic E-state index is 12.2. The Morgan fingerprint density at radius 1 is 1.26 bits per heavy atom. The van der Waals surface area contributed by atoms with Crippen molar-refractivity contribution in [2.45, 2.75) is 13.0 Å². The van der Waals surface area contributed by atoms with Crippen molar-refractivity contribution in [2.24, 2.45) is 0 Å². The van der Waals surface area contributed by atoms with Crippen molar-refractivity contribution in [1.82, 2.24) is 4.98 Å². The number of thiazole rings is 1. The Labute approximate surface area is 137 Å². The maximum atomic E-state index is 12.2. The number of benzene rings is 2. The molecule has 0 aliphatic rings. The summed E-state index contributed by atoms with van der Waals surface area (Å²) in [7, 11) is 0. The number of amides is 1. The van der Waals surface area contributed by atoms with E-state index in [-0.39, 0.29) is 5.91 Å². The van der Waals surface area contributed by atoms with E-state index in [0.29, 0.717) is 16.4 Å². The number of aromatic nitrogens is 1. The lowest BCUT2D eigenvalue weighted by Crippen LogP contribution is -2.30. The fourth-order valence-electron chi connectivity index (χ4n) is 2.00. The predicted octanol–water partition coefficient (Wildman–Crippen LogP) is 3.57. The van der Waals surface area contributed by atoms with E-state index >= 15 is 0 Å². The third-order valence-electron chi connectivity index (χ3n) is 3.19. The Morgan fingerprint density at radius 3 is 2.70 bits per heavy atom. The highest BCUT2D eigenvalue weighted by Gasteiger charge is 2.16. The van der Waals surface area contributed by atoms with Crippen molar-refractivity contribution in [3.63, 3.8) is 0 Å². The van der Waals surface area contributed by atoms with E-state index in [1.54, 1.807) is 31.2 Å². The summed E-state index contributed by atoms with van der Waals surface area (Å²) >= 11 is 1.42. The number of hydrogen-bond acceptors (Lipinski definition) is 5. The van der Waals surface area contributed by atoms with Gasteiger partial charge in [0.1, 0.15) is 5.75 Å². The Hall–Kier alpha value is -2.91. The van der Waals surface area contributed by atoms with Gasteiger partial charge in [-0.2, -0.15) is 5.26 Å². The van der Waals surface area contributed by atoms with Gasteiger partial charge in [0.25, 0.3) is 5.91 Å². The Balaban J connectivity index is 1.65. The minimum absolute atomic E-state index is 0.270. The summed E-state index contributed by atoms with van der Waals surface area (Å²) in [5, 5.41) is 12.1. The normalized spacial score (nSPS) is 11.7. The number of anilines is 1. The van der Waals surface area contributed by atoms with Gasteiger partial charge in [0.2, 0.25) is 0 Å². The number of rotatable bonds is 4. The van der Waals surface area contributed by atoms with E-state index in [9.17, 15) is 4.79 Å². The van der Waals surface area contributed by atoms with Crippen molar-refractivity contribution in [2.75, 3.05) is 5.32 Å². The van der Waals surface area contributed by atoms with Crippen LogP contribution in [0.5, 0.6) is 5.75 Å². The molecule has 0 spiro atoms. The molecule has 3 aromatic rings. The molecule has 0 fully saturated rings. The van der Waals surface area contributed by atoms with Crippen LogP contribution in [0.2, 0.25) is 0 Å². The SMILES string of the molecule is CC(Oc1ccc(C#N)cc1)C(=O)Nc1nc2ccccc2s1. The predicted molar refractivity (Wildman–Crippen MR) is 89.5 cm³/mol. The monoisotopic (exact) mass is 323 g/mol. The van der Waals surface area contributed by atoms with Crippen LogP contribution in [0.15, 0.2) is 48.5 Å². The van der Waals surface area contributed by atoms with E-state index in [1.165, 1.54) is 11.3 Å². The van der Waals surface area contributed by atoms with Crippen LogP contribution in [-0.2, 0) is 4.79 Å². The molecule has 0 saturated heterocycles. The van der Waals surface area contributed by atoms with Crippen molar-refractivity contribution < 1.29 is 9.53 Å². The summed E-state index contributed by atoms with van der Waals surface area (Å²) in [5.41, 5.74) is 1.40. The van der Waals surface area contributed by atoms with Gasteiger partial charge in [-0.25, -0.2) is 4.98 Å². The van der Waals surface area contributed by atoms with Crippen molar-refractivity contribution >= 4 is 32.6 Å². The summed E-state index contributed by atoms with van der Waals surface area (Å²) < 4.78 is 6.59. The molecule has 6 heteroatoms. The molecule has 2 aromatic carbocycles. The van der Waals surface area contributed by atoms with Crippen LogP contribution in [0.25, 0.3) is 10.2 Å². The summed E-state index contributed by atoms with van der Waals surface area (Å²) in [6.07, 6.45) is -0.671. The van der Waals surface area contributed by atoms with Gasteiger partial charge in [-0.3, -0.25) is 10.1 Å². The molecule has 0 bridgehead atoms. The first-order chi connectivity index (χ1) is 11.2. The van der Waals surface area contributed by atoms with Gasteiger partial charge >= 0.3 is 0 Å². The van der Waals surface area contributed by atoms with Crippen LogP contribution in [0.4, 0.5) is 5.13 Å². The van der Waals surface area contributed by atoms with E-state index in [1.807, 2.05) is 30.3 Å². The van der Waals surface area contributed by atoms with Crippen LogP contribution in [0, 0.1) is 11.3 Å². The zero-order chi connectivity index (χ0) is 16.2. The van der Waals surface area contributed by atoms with E-state index in [4.69, 9.17) is 10.00 Å². The minimum Gasteiger partial charge on any atom is -0.481 e. The lowest BCUT2D eigenvalue weighted by molar-refractivity contribution is -0.122. The Morgan fingerprint density at radius 2 is 2.00 bits per heavy atom. The highest BCUT2D eigenvalue weighted by molar-refractivity contribution is 7.22. The first-order valence-electron chi connectivity index (χ1n) is 6.99. The fourth-order valence-corrected chi connectivity index (χ4v) is 2.87. The number of nitriles is 1. The molecule has 114 valence electrons. The molecule has 23 heavy (non-hydrogen) atoms. The molecule has 1 aromatic heterocycles. The lowest BCUT2D eigenvalue weighted by atomic mass is 10.2. The molecule has 0 aliphatic heterocycles. The Kier molecular flexibility index (Phi) is 4.22. The molecule has 1 N–H and O–H groups in total. The molecule has 1 atom stereocenters. The summed E-state index contributed by atoms with van der Waals surface area (Å²) in [4.78, 5) is 16.6. The number of para-hydroxylation sites is 1. The van der Waals surface area contributed by atoms with Crippen LogP contribution in [0.3, 0.4) is 0 Å². The molecule has 1 amide bonds. The van der Waals surface area contributed by atoms with Gasteiger partial charge in [-0.05, 0) is 43.3 Å². The quantitative estimate of drug-likeness (QED) is 0.796. The topological polar surface area (TPSA) is 75.0 Å². The lowest BCUT2D eigenvalue weighted by Gasteiger charge is -2.13. The van der Waals surface area contributed by atoms with Crippen molar-refractivity contribution in [1.29, 1.82) is 5.26 Å². The summed E-state index contributed by atoms with van der Waals surface area (Å²) in [6, 6.07) is 16.4. The van der Waals surface area contributed by atoms with Crippen molar-refractivity contribution in [3.05, 3.63) is 54.1 Å². The van der Waals surface area contributed by atoms with Gasteiger partial charge < -0.3 is 4.74 Å². The maximum Gasteiger partial charge on any atom is 0.266 e. The number of nitrogens with zero attached hydrogens (tertiary/aromatic N) is 2. The second-order valence-corrected chi connectivity index (χ2v) is 5.90. The number of hydrogen-bond donors (Lipinski definition) is 1. The number of carbonyl (C=O) groups is 1. The summed E-state index contributed by atoms with van der Waals surface area (Å²) in [6.45, 7) is 1.67.